The van der Waals surface area contributed by atoms with E-state index in [2.05, 4.69) is 26.0 Å². The Morgan fingerprint density at radius 1 is 0.484 bits per heavy atom. The predicted octanol–water partition coefficient (Wildman–Crippen LogP) is 6.60. The van der Waals surface area contributed by atoms with E-state index in [1.54, 1.807) is 0 Å². The summed E-state index contributed by atoms with van der Waals surface area (Å²) in [5, 5.41) is 72.0. The van der Waals surface area contributed by atoms with E-state index < -0.39 is 92.7 Å². The van der Waals surface area contributed by atoms with Crippen LogP contribution in [0, 0.1) is 0 Å². The minimum absolute atomic E-state index is 0.139. The fourth-order valence-electron chi connectivity index (χ4n) is 8.04. The number of hydrogen-bond donors (Lipinski definition) is 7. The van der Waals surface area contributed by atoms with E-state index in [1.165, 1.54) is 116 Å². The fraction of sp³-hybridized carbons (Fsp3) is 0.918. The number of aliphatic hydroxyl groups excluding tert-OH is 7. The Hall–Kier alpha value is -1.76. The van der Waals surface area contributed by atoms with Gasteiger partial charge in [0.15, 0.2) is 18.7 Å². The van der Waals surface area contributed by atoms with E-state index in [9.17, 15) is 45.3 Å². The van der Waals surface area contributed by atoms with E-state index in [0.717, 1.165) is 38.5 Å². The number of ether oxygens (including phenoxy) is 6. The minimum atomic E-state index is -1.76. The third-order valence-corrected chi connectivity index (χ3v) is 12.2. The van der Waals surface area contributed by atoms with Crippen LogP contribution in [0.25, 0.3) is 0 Å². The van der Waals surface area contributed by atoms with Gasteiger partial charge in [-0.2, -0.15) is 0 Å². The summed E-state index contributed by atoms with van der Waals surface area (Å²) in [5.74, 6) is -0.942. The van der Waals surface area contributed by atoms with Gasteiger partial charge >= 0.3 is 11.9 Å². The summed E-state index contributed by atoms with van der Waals surface area (Å²) >= 11 is 0. The van der Waals surface area contributed by atoms with Gasteiger partial charge in [0.25, 0.3) is 0 Å². The normalized spacial score (nSPS) is 26.6. The molecule has 4 unspecified atom stereocenters. The molecule has 2 rings (SSSR count). The zero-order chi connectivity index (χ0) is 46.8. The Bertz CT molecular complexity index is 1170. The van der Waals surface area contributed by atoms with Crippen molar-refractivity contribution in [3.8, 4) is 0 Å². The summed E-state index contributed by atoms with van der Waals surface area (Å²) in [4.78, 5) is 25.7. The molecule has 2 aliphatic heterocycles. The largest absolute Gasteiger partial charge is 0.462 e. The quantitative estimate of drug-likeness (QED) is 0.0196. The standard InChI is InChI=1S/C49H90O15/c1-3-5-7-9-11-13-15-17-18-20-22-24-26-28-30-32-41(52)62-37(34-59-40(51)31-29-27-25-23-21-19-16-14-12-10-8-6-4-2)35-60-48-47(58)45(56)43(54)39(64-48)36-61-49-46(57)44(55)42(53)38(33-50)63-49/h22,24,37-39,42-50,53-58H,3-21,23,25-36H2,1-2H3/b24-22+/t37-,38-,39-,42+,43+,44?,45?,46?,47?,48-,49-/m1/s1. The van der Waals surface area contributed by atoms with E-state index in [0.29, 0.717) is 12.8 Å². The molecule has 0 aromatic carbocycles. The monoisotopic (exact) mass is 919 g/mol. The highest BCUT2D eigenvalue weighted by molar-refractivity contribution is 5.70. The molecule has 0 saturated carbocycles. The maximum Gasteiger partial charge on any atom is 0.306 e. The lowest BCUT2D eigenvalue weighted by atomic mass is 9.98. The van der Waals surface area contributed by atoms with Crippen LogP contribution in [0.2, 0.25) is 0 Å². The van der Waals surface area contributed by atoms with Gasteiger partial charge in [0.05, 0.1) is 19.8 Å². The molecule has 0 radical (unpaired) electrons. The molecule has 64 heavy (non-hydrogen) atoms. The van der Waals surface area contributed by atoms with Crippen LogP contribution >= 0.6 is 0 Å². The molecule has 2 saturated heterocycles. The Morgan fingerprint density at radius 2 is 0.891 bits per heavy atom. The van der Waals surface area contributed by atoms with Gasteiger partial charge in [-0.25, -0.2) is 0 Å². The molecule has 0 aromatic heterocycles. The number of aliphatic hydroxyl groups is 7. The van der Waals surface area contributed by atoms with Crippen LogP contribution in [0.4, 0.5) is 0 Å². The van der Waals surface area contributed by atoms with Gasteiger partial charge in [-0.1, -0.05) is 154 Å². The number of esters is 2. The van der Waals surface area contributed by atoms with E-state index in [1.807, 2.05) is 0 Å². The zero-order valence-electron chi connectivity index (χ0n) is 39.5. The van der Waals surface area contributed by atoms with Crippen molar-refractivity contribution >= 4 is 11.9 Å². The lowest BCUT2D eigenvalue weighted by Gasteiger charge is -2.42. The molecule has 0 bridgehead atoms. The average molecular weight is 919 g/mol. The second kappa shape index (κ2) is 37.2. The Morgan fingerprint density at radius 3 is 1.41 bits per heavy atom. The van der Waals surface area contributed by atoms with Gasteiger partial charge in [0, 0.05) is 12.8 Å². The number of carbonyl (C=O) groups is 2. The molecule has 11 atom stereocenters. The van der Waals surface area contributed by atoms with Crippen LogP contribution in [0.1, 0.15) is 194 Å². The second-order valence-corrected chi connectivity index (χ2v) is 18.0. The lowest BCUT2D eigenvalue weighted by Crippen LogP contribution is -2.61. The van der Waals surface area contributed by atoms with Crippen molar-refractivity contribution in [1.29, 1.82) is 0 Å². The van der Waals surface area contributed by atoms with E-state index >= 15 is 0 Å². The van der Waals surface area contributed by atoms with Crippen LogP contribution in [-0.2, 0) is 38.0 Å². The second-order valence-electron chi connectivity index (χ2n) is 18.0. The van der Waals surface area contributed by atoms with Crippen LogP contribution < -0.4 is 0 Å². The van der Waals surface area contributed by atoms with Crippen LogP contribution in [0.5, 0.6) is 0 Å². The third-order valence-electron chi connectivity index (χ3n) is 12.2. The highest BCUT2D eigenvalue weighted by atomic mass is 16.7. The molecule has 0 aromatic rings. The molecular weight excluding hydrogens is 829 g/mol. The first-order chi connectivity index (χ1) is 31.0. The molecule has 376 valence electrons. The first kappa shape index (κ1) is 58.4. The summed E-state index contributed by atoms with van der Waals surface area (Å²) in [7, 11) is 0. The predicted molar refractivity (Wildman–Crippen MR) is 243 cm³/mol. The van der Waals surface area contributed by atoms with Crippen molar-refractivity contribution < 1.29 is 73.8 Å². The van der Waals surface area contributed by atoms with Crippen LogP contribution in [-0.4, -0.2) is 142 Å². The van der Waals surface area contributed by atoms with E-state index in [-0.39, 0.29) is 26.1 Å². The lowest BCUT2D eigenvalue weighted by molar-refractivity contribution is -0.332. The average Bonchev–Trinajstić information content (AvgIpc) is 3.29. The van der Waals surface area contributed by atoms with Crippen molar-refractivity contribution in [2.45, 2.75) is 261 Å². The summed E-state index contributed by atoms with van der Waals surface area (Å²) in [5.41, 5.74) is 0. The smallest absolute Gasteiger partial charge is 0.306 e. The van der Waals surface area contributed by atoms with Crippen molar-refractivity contribution in [3.63, 3.8) is 0 Å². The maximum absolute atomic E-state index is 13.0. The highest BCUT2D eigenvalue weighted by Gasteiger charge is 2.47. The van der Waals surface area contributed by atoms with E-state index in [4.69, 9.17) is 28.4 Å². The van der Waals surface area contributed by atoms with Crippen molar-refractivity contribution in [3.05, 3.63) is 12.2 Å². The van der Waals surface area contributed by atoms with Crippen LogP contribution in [0.15, 0.2) is 12.2 Å². The van der Waals surface area contributed by atoms with Gasteiger partial charge in [-0.05, 0) is 38.5 Å². The highest BCUT2D eigenvalue weighted by Crippen LogP contribution is 2.26. The minimum Gasteiger partial charge on any atom is -0.462 e. The SMILES string of the molecule is CCCCCCCCCCC/C=C/CCCCC(=O)O[C@H](COC(=O)CCCCCCCCCCCCCCC)CO[C@@H]1O[C@H](CO[C@@H]2O[C@H](CO)[C@H](O)C(O)C2O)[C@H](O)C(O)C1O. The number of rotatable bonds is 39. The molecule has 2 heterocycles. The molecule has 0 amide bonds. The third kappa shape index (κ3) is 25.4. The summed E-state index contributed by atoms with van der Waals surface area (Å²) < 4.78 is 33.5. The maximum atomic E-state index is 13.0. The van der Waals surface area contributed by atoms with Gasteiger partial charge in [0.2, 0.25) is 0 Å². The van der Waals surface area contributed by atoms with Gasteiger partial charge in [-0.3, -0.25) is 9.59 Å². The van der Waals surface area contributed by atoms with Crippen LogP contribution in [0.3, 0.4) is 0 Å². The topological polar surface area (TPSA) is 231 Å². The first-order valence-electron chi connectivity index (χ1n) is 25.3. The molecule has 7 N–H and O–H groups in total. The van der Waals surface area contributed by atoms with Crippen molar-refractivity contribution in [2.75, 3.05) is 26.4 Å². The van der Waals surface area contributed by atoms with Gasteiger partial charge < -0.3 is 64.2 Å². The Labute approximate surface area is 384 Å². The molecular formula is C49H90O15. The number of allylic oxidation sites excluding steroid dienone is 2. The summed E-state index contributed by atoms with van der Waals surface area (Å²) in [6.07, 6.45) is 18.2. The molecule has 2 aliphatic rings. The zero-order valence-corrected chi connectivity index (χ0v) is 39.5. The first-order valence-corrected chi connectivity index (χ1v) is 25.3. The van der Waals surface area contributed by atoms with Crippen molar-refractivity contribution in [1.82, 2.24) is 0 Å². The number of carbonyl (C=O) groups excluding carboxylic acids is 2. The van der Waals surface area contributed by atoms with Gasteiger partial charge in [0.1, 0.15) is 55.4 Å². The number of unbranched alkanes of at least 4 members (excludes halogenated alkanes) is 23. The molecule has 15 heteroatoms. The Balaban J connectivity index is 1.83. The molecule has 15 nitrogen and oxygen atoms in total. The van der Waals surface area contributed by atoms with Gasteiger partial charge in [-0.15, -0.1) is 0 Å². The Kier molecular flexibility index (Phi) is 34.0. The number of hydrogen-bond acceptors (Lipinski definition) is 15. The molecule has 2 fully saturated rings. The fourth-order valence-corrected chi connectivity index (χ4v) is 8.04. The molecule has 0 aliphatic carbocycles. The van der Waals surface area contributed by atoms with Crippen molar-refractivity contribution in [2.24, 2.45) is 0 Å². The molecule has 0 spiro atoms. The summed E-state index contributed by atoms with van der Waals surface area (Å²) in [6, 6.07) is 0. The summed E-state index contributed by atoms with van der Waals surface area (Å²) in [6.45, 7) is 2.58.